The van der Waals surface area contributed by atoms with Crippen LogP contribution in [0.5, 0.6) is 0 Å². The second-order valence-electron chi connectivity index (χ2n) is 7.10. The van der Waals surface area contributed by atoms with Crippen molar-refractivity contribution >= 4 is 13.3 Å². The molecule has 0 unspecified atom stereocenters. The van der Waals surface area contributed by atoms with Crippen LogP contribution < -0.4 is 5.46 Å². The number of halogens is 2. The molecule has 5 rings (SSSR count). The average Bonchev–Trinajstić information content (AvgIpc) is 2.99. The molecule has 0 aliphatic heterocycles. The maximum atomic E-state index is 14.5. The van der Waals surface area contributed by atoms with E-state index in [0.29, 0.717) is 11.0 Å². The molecule has 2 radical (unpaired) electrons. The molecule has 0 aromatic heterocycles. The molecule has 0 heterocycles. The van der Waals surface area contributed by atoms with Gasteiger partial charge in [0.2, 0.25) is 0 Å². The van der Waals surface area contributed by atoms with Crippen LogP contribution in [0.15, 0.2) is 91.0 Å². The number of benzene rings is 4. The fraction of sp³-hybridized carbons (Fsp3) is 0.0400. The minimum Gasteiger partial charge on any atom is -0.204 e. The summed E-state index contributed by atoms with van der Waals surface area (Å²) in [5.74, 6) is -1.70. The van der Waals surface area contributed by atoms with Crippen molar-refractivity contribution in [2.75, 3.05) is 0 Å². The Kier molecular flexibility index (Phi) is 3.73. The average molecular weight is 364 g/mol. The molecule has 0 spiro atoms. The third-order valence-corrected chi connectivity index (χ3v) is 5.62. The van der Waals surface area contributed by atoms with Crippen molar-refractivity contribution in [3.05, 3.63) is 125 Å². The Labute approximate surface area is 163 Å². The topological polar surface area (TPSA) is 0 Å². The van der Waals surface area contributed by atoms with E-state index in [1.165, 1.54) is 12.1 Å². The Bertz CT molecular complexity index is 1140. The molecule has 4 aromatic rings. The standard InChI is InChI=1S/C25H15BF2/c26-18-11-12-19-20-14-23(27)24(28)15-22(20)25(21(19)13-18,16-7-3-1-4-8-16)17-9-5-2-6-10-17/h1-15H. The Morgan fingerprint density at radius 1 is 0.571 bits per heavy atom. The minimum absolute atomic E-state index is 0.615. The van der Waals surface area contributed by atoms with Crippen molar-refractivity contribution in [1.82, 2.24) is 0 Å². The summed E-state index contributed by atoms with van der Waals surface area (Å²) < 4.78 is 28.7. The van der Waals surface area contributed by atoms with Crippen LogP contribution in [0.3, 0.4) is 0 Å². The Hall–Kier alpha value is -3.20. The summed E-state index contributed by atoms with van der Waals surface area (Å²) in [4.78, 5) is 0. The van der Waals surface area contributed by atoms with E-state index in [1.54, 1.807) is 6.07 Å². The summed E-state index contributed by atoms with van der Waals surface area (Å²) in [5, 5.41) is 0. The van der Waals surface area contributed by atoms with Crippen LogP contribution in [0, 0.1) is 11.6 Å². The molecule has 1 aliphatic carbocycles. The van der Waals surface area contributed by atoms with Gasteiger partial charge in [-0.25, -0.2) is 8.78 Å². The molecule has 0 amide bonds. The van der Waals surface area contributed by atoms with Gasteiger partial charge in [0.05, 0.1) is 5.41 Å². The third-order valence-electron chi connectivity index (χ3n) is 5.62. The zero-order chi connectivity index (χ0) is 19.3. The fourth-order valence-corrected chi connectivity index (χ4v) is 4.50. The van der Waals surface area contributed by atoms with Gasteiger partial charge < -0.3 is 0 Å². The maximum absolute atomic E-state index is 14.5. The number of hydrogen-bond acceptors (Lipinski definition) is 0. The van der Waals surface area contributed by atoms with E-state index >= 15 is 0 Å². The second kappa shape index (κ2) is 6.17. The Morgan fingerprint density at radius 3 is 1.71 bits per heavy atom. The lowest BCUT2D eigenvalue weighted by molar-refractivity contribution is 0.506. The first-order chi connectivity index (χ1) is 13.6. The summed E-state index contributed by atoms with van der Waals surface area (Å²) in [6.07, 6.45) is 0. The van der Waals surface area contributed by atoms with Gasteiger partial charge in [0, 0.05) is 0 Å². The van der Waals surface area contributed by atoms with E-state index in [0.717, 1.165) is 27.8 Å². The monoisotopic (exact) mass is 364 g/mol. The molecule has 0 atom stereocenters. The second-order valence-corrected chi connectivity index (χ2v) is 7.10. The zero-order valence-electron chi connectivity index (χ0n) is 15.0. The summed E-state index contributed by atoms with van der Waals surface area (Å²) in [5.41, 5.74) is 5.04. The highest BCUT2D eigenvalue weighted by atomic mass is 19.2. The van der Waals surface area contributed by atoms with E-state index in [-0.39, 0.29) is 0 Å². The molecule has 0 fully saturated rings. The lowest BCUT2D eigenvalue weighted by Crippen LogP contribution is -2.29. The van der Waals surface area contributed by atoms with Gasteiger partial charge in [0.1, 0.15) is 7.85 Å². The van der Waals surface area contributed by atoms with Gasteiger partial charge in [0.15, 0.2) is 11.6 Å². The quantitative estimate of drug-likeness (QED) is 0.382. The lowest BCUT2D eigenvalue weighted by Gasteiger charge is -2.34. The smallest absolute Gasteiger partial charge is 0.159 e. The van der Waals surface area contributed by atoms with Gasteiger partial charge in [-0.05, 0) is 45.5 Å². The van der Waals surface area contributed by atoms with E-state index in [9.17, 15) is 8.78 Å². The zero-order valence-corrected chi connectivity index (χ0v) is 15.0. The van der Waals surface area contributed by atoms with Crippen LogP contribution in [0.1, 0.15) is 22.3 Å². The van der Waals surface area contributed by atoms with Crippen LogP contribution >= 0.6 is 0 Å². The normalized spacial score (nSPS) is 13.8. The highest BCUT2D eigenvalue weighted by Gasteiger charge is 2.46. The molecule has 0 saturated heterocycles. The highest BCUT2D eigenvalue weighted by molar-refractivity contribution is 6.32. The SMILES string of the molecule is [B]c1ccc2c(c1)C(c1ccccc1)(c1ccccc1)c1cc(F)c(F)cc1-2. The van der Waals surface area contributed by atoms with Crippen molar-refractivity contribution in [1.29, 1.82) is 0 Å². The van der Waals surface area contributed by atoms with Gasteiger partial charge in [-0.15, -0.1) is 0 Å². The maximum Gasteiger partial charge on any atom is 0.159 e. The van der Waals surface area contributed by atoms with Crippen LogP contribution in [0.2, 0.25) is 0 Å². The Balaban J connectivity index is 2.00. The molecule has 3 heteroatoms. The van der Waals surface area contributed by atoms with Crippen molar-refractivity contribution in [3.63, 3.8) is 0 Å². The van der Waals surface area contributed by atoms with Gasteiger partial charge >= 0.3 is 0 Å². The first kappa shape index (κ1) is 16.9. The van der Waals surface area contributed by atoms with Gasteiger partial charge in [-0.3, -0.25) is 0 Å². The van der Waals surface area contributed by atoms with Crippen LogP contribution in [0.4, 0.5) is 8.78 Å². The van der Waals surface area contributed by atoms with Crippen molar-refractivity contribution in [3.8, 4) is 11.1 Å². The predicted molar refractivity (Wildman–Crippen MR) is 109 cm³/mol. The molecule has 132 valence electrons. The van der Waals surface area contributed by atoms with E-state index in [4.69, 9.17) is 7.85 Å². The van der Waals surface area contributed by atoms with Gasteiger partial charge in [-0.1, -0.05) is 84.3 Å². The van der Waals surface area contributed by atoms with Crippen LogP contribution in [-0.2, 0) is 5.41 Å². The summed E-state index contributed by atoms with van der Waals surface area (Å²) in [7, 11) is 6.15. The number of fused-ring (bicyclic) bond motifs is 3. The molecule has 0 bridgehead atoms. The van der Waals surface area contributed by atoms with E-state index in [1.807, 2.05) is 72.8 Å². The Morgan fingerprint density at radius 2 is 1.11 bits per heavy atom. The molecule has 4 aromatic carbocycles. The largest absolute Gasteiger partial charge is 0.204 e. The van der Waals surface area contributed by atoms with E-state index in [2.05, 4.69) is 0 Å². The first-order valence-electron chi connectivity index (χ1n) is 9.13. The lowest BCUT2D eigenvalue weighted by atomic mass is 9.67. The van der Waals surface area contributed by atoms with E-state index < -0.39 is 17.0 Å². The fourth-order valence-electron chi connectivity index (χ4n) is 4.50. The van der Waals surface area contributed by atoms with Crippen molar-refractivity contribution in [2.24, 2.45) is 0 Å². The third kappa shape index (κ3) is 2.23. The molecule has 0 nitrogen and oxygen atoms in total. The molecule has 0 N–H and O–H groups in total. The van der Waals surface area contributed by atoms with Gasteiger partial charge in [-0.2, -0.15) is 0 Å². The molecule has 0 saturated carbocycles. The molecule has 28 heavy (non-hydrogen) atoms. The molecular weight excluding hydrogens is 349 g/mol. The first-order valence-corrected chi connectivity index (χ1v) is 9.13. The van der Waals surface area contributed by atoms with Crippen LogP contribution in [0.25, 0.3) is 11.1 Å². The molecular formula is C25H15BF2. The minimum atomic E-state index is -0.851. The number of hydrogen-bond donors (Lipinski definition) is 0. The molecule has 1 aliphatic rings. The highest BCUT2D eigenvalue weighted by Crippen LogP contribution is 2.56. The summed E-state index contributed by atoms with van der Waals surface area (Å²) >= 11 is 0. The number of rotatable bonds is 2. The van der Waals surface area contributed by atoms with Crippen molar-refractivity contribution < 1.29 is 8.78 Å². The van der Waals surface area contributed by atoms with Gasteiger partial charge in [0.25, 0.3) is 0 Å². The predicted octanol–water partition coefficient (Wildman–Crippen LogP) is 5.12. The summed E-state index contributed by atoms with van der Waals surface area (Å²) in [6.45, 7) is 0. The van der Waals surface area contributed by atoms with Crippen molar-refractivity contribution in [2.45, 2.75) is 5.41 Å². The summed E-state index contributed by atoms with van der Waals surface area (Å²) in [6, 6.07) is 28.1. The van der Waals surface area contributed by atoms with Crippen LogP contribution in [-0.4, -0.2) is 7.85 Å².